The molecule has 0 spiro atoms. The smallest absolute Gasteiger partial charge is 0.128 e. The van der Waals surface area contributed by atoms with Crippen molar-refractivity contribution < 1.29 is 4.74 Å². The van der Waals surface area contributed by atoms with Gasteiger partial charge in [-0.1, -0.05) is 6.92 Å². The van der Waals surface area contributed by atoms with Gasteiger partial charge in [0.15, 0.2) is 0 Å². The molecule has 1 aliphatic heterocycles. The SMILES string of the molecule is CCNC(CC1CCCCO1)c1cc(C)cnc1N. The first-order chi connectivity index (χ1) is 9.20. The molecule has 1 fully saturated rings. The van der Waals surface area contributed by atoms with Crippen LogP contribution in [0.25, 0.3) is 0 Å². The number of nitrogen functional groups attached to an aromatic ring is 1. The molecule has 0 radical (unpaired) electrons. The van der Waals surface area contributed by atoms with Crippen LogP contribution in [0.4, 0.5) is 5.82 Å². The summed E-state index contributed by atoms with van der Waals surface area (Å²) in [7, 11) is 0. The van der Waals surface area contributed by atoms with Gasteiger partial charge in [-0.05, 0) is 50.8 Å². The summed E-state index contributed by atoms with van der Waals surface area (Å²) in [6, 6.07) is 2.37. The van der Waals surface area contributed by atoms with E-state index in [4.69, 9.17) is 10.5 Å². The van der Waals surface area contributed by atoms with Gasteiger partial charge in [-0.15, -0.1) is 0 Å². The molecule has 2 unspecified atom stereocenters. The first kappa shape index (κ1) is 14.3. The third-order valence-corrected chi connectivity index (χ3v) is 3.68. The molecule has 0 bridgehead atoms. The largest absolute Gasteiger partial charge is 0.383 e. The number of nitrogens with zero attached hydrogens (tertiary/aromatic N) is 1. The monoisotopic (exact) mass is 263 g/mol. The van der Waals surface area contributed by atoms with Crippen molar-refractivity contribution in [3.05, 3.63) is 23.4 Å². The fourth-order valence-electron chi connectivity index (χ4n) is 2.70. The summed E-state index contributed by atoms with van der Waals surface area (Å²) in [5, 5.41) is 3.51. The summed E-state index contributed by atoms with van der Waals surface area (Å²) in [6.07, 6.45) is 6.75. The van der Waals surface area contributed by atoms with Gasteiger partial charge in [0.05, 0.1) is 6.10 Å². The Morgan fingerprint density at radius 2 is 2.37 bits per heavy atom. The Morgan fingerprint density at radius 3 is 3.05 bits per heavy atom. The zero-order valence-electron chi connectivity index (χ0n) is 12.0. The van der Waals surface area contributed by atoms with Crippen molar-refractivity contribution in [2.45, 2.75) is 51.7 Å². The quantitative estimate of drug-likeness (QED) is 0.857. The minimum atomic E-state index is 0.237. The van der Waals surface area contributed by atoms with E-state index in [0.717, 1.165) is 37.1 Å². The summed E-state index contributed by atoms with van der Waals surface area (Å²) in [6.45, 7) is 5.99. The summed E-state index contributed by atoms with van der Waals surface area (Å²) in [4.78, 5) is 4.27. The molecule has 4 heteroatoms. The lowest BCUT2D eigenvalue weighted by Gasteiger charge is -2.28. The fraction of sp³-hybridized carbons (Fsp3) is 0.667. The van der Waals surface area contributed by atoms with Crippen molar-refractivity contribution in [3.63, 3.8) is 0 Å². The summed E-state index contributed by atoms with van der Waals surface area (Å²) in [5.74, 6) is 0.632. The van der Waals surface area contributed by atoms with Gasteiger partial charge in [0.2, 0.25) is 0 Å². The standard InChI is InChI=1S/C15H25N3O/c1-3-17-14(9-12-6-4-5-7-19-12)13-8-11(2)10-18-15(13)16/h8,10,12,14,17H,3-7,9H2,1-2H3,(H2,16,18). The number of nitrogens with two attached hydrogens (primary N) is 1. The molecule has 0 aromatic carbocycles. The highest BCUT2D eigenvalue weighted by molar-refractivity contribution is 5.43. The molecule has 1 aromatic heterocycles. The van der Waals surface area contributed by atoms with Crippen LogP contribution in [0.5, 0.6) is 0 Å². The molecule has 0 saturated carbocycles. The lowest BCUT2D eigenvalue weighted by Crippen LogP contribution is -2.29. The fourth-order valence-corrected chi connectivity index (χ4v) is 2.70. The summed E-state index contributed by atoms with van der Waals surface area (Å²) >= 11 is 0. The summed E-state index contributed by atoms with van der Waals surface area (Å²) in [5.41, 5.74) is 8.29. The van der Waals surface area contributed by atoms with Gasteiger partial charge in [-0.2, -0.15) is 0 Å². The predicted molar refractivity (Wildman–Crippen MR) is 78.0 cm³/mol. The molecule has 1 aromatic rings. The average Bonchev–Trinajstić information content (AvgIpc) is 2.42. The zero-order chi connectivity index (χ0) is 13.7. The van der Waals surface area contributed by atoms with E-state index in [1.54, 1.807) is 0 Å². The normalized spacial score (nSPS) is 21.3. The molecule has 4 nitrogen and oxygen atoms in total. The van der Waals surface area contributed by atoms with E-state index in [2.05, 4.69) is 30.2 Å². The Labute approximate surface area is 115 Å². The van der Waals surface area contributed by atoms with Crippen LogP contribution in [0.15, 0.2) is 12.3 Å². The molecule has 3 N–H and O–H groups in total. The number of hydrogen-bond acceptors (Lipinski definition) is 4. The Kier molecular flexibility index (Phi) is 5.16. The Hall–Kier alpha value is -1.13. The predicted octanol–water partition coefficient (Wildman–Crippen LogP) is 2.58. The molecular formula is C15H25N3O. The Bertz CT molecular complexity index is 402. The van der Waals surface area contributed by atoms with Gasteiger partial charge >= 0.3 is 0 Å². The van der Waals surface area contributed by atoms with E-state index in [0.29, 0.717) is 11.9 Å². The maximum Gasteiger partial charge on any atom is 0.128 e. The molecule has 2 atom stereocenters. The molecule has 2 rings (SSSR count). The van der Waals surface area contributed by atoms with Crippen molar-refractivity contribution in [1.82, 2.24) is 10.3 Å². The number of nitrogens with one attached hydrogen (secondary N) is 1. The number of pyridine rings is 1. The van der Waals surface area contributed by atoms with Crippen LogP contribution < -0.4 is 11.1 Å². The molecule has 2 heterocycles. The third kappa shape index (κ3) is 3.91. The van der Waals surface area contributed by atoms with Crippen molar-refractivity contribution in [2.24, 2.45) is 0 Å². The van der Waals surface area contributed by atoms with E-state index in [1.165, 1.54) is 12.8 Å². The van der Waals surface area contributed by atoms with Crippen LogP contribution in [-0.2, 0) is 4.74 Å². The Balaban J connectivity index is 2.11. The first-order valence-corrected chi connectivity index (χ1v) is 7.27. The highest BCUT2D eigenvalue weighted by atomic mass is 16.5. The van der Waals surface area contributed by atoms with Gasteiger partial charge in [0, 0.05) is 24.4 Å². The lowest BCUT2D eigenvalue weighted by molar-refractivity contribution is 0.00516. The van der Waals surface area contributed by atoms with Gasteiger partial charge in [0.1, 0.15) is 5.82 Å². The van der Waals surface area contributed by atoms with E-state index in [1.807, 2.05) is 6.20 Å². The Morgan fingerprint density at radius 1 is 1.53 bits per heavy atom. The molecule has 0 aliphatic carbocycles. The second-order valence-electron chi connectivity index (χ2n) is 5.32. The van der Waals surface area contributed by atoms with Gasteiger partial charge < -0.3 is 15.8 Å². The van der Waals surface area contributed by atoms with E-state index in [9.17, 15) is 0 Å². The van der Waals surface area contributed by atoms with Gasteiger partial charge in [-0.25, -0.2) is 4.98 Å². The summed E-state index contributed by atoms with van der Waals surface area (Å²) < 4.78 is 5.85. The highest BCUT2D eigenvalue weighted by Crippen LogP contribution is 2.27. The van der Waals surface area contributed by atoms with Gasteiger partial charge in [0.25, 0.3) is 0 Å². The average molecular weight is 263 g/mol. The van der Waals surface area contributed by atoms with Crippen LogP contribution >= 0.6 is 0 Å². The zero-order valence-corrected chi connectivity index (χ0v) is 12.0. The van der Waals surface area contributed by atoms with Crippen LogP contribution in [0.1, 0.15) is 49.8 Å². The lowest BCUT2D eigenvalue weighted by atomic mass is 9.96. The molecule has 106 valence electrons. The second-order valence-corrected chi connectivity index (χ2v) is 5.32. The molecule has 0 amide bonds. The number of rotatable bonds is 5. The van der Waals surface area contributed by atoms with Crippen LogP contribution in [0.3, 0.4) is 0 Å². The number of hydrogen-bond donors (Lipinski definition) is 2. The van der Waals surface area contributed by atoms with Crippen LogP contribution in [0.2, 0.25) is 0 Å². The number of aryl methyl sites for hydroxylation is 1. The van der Waals surface area contributed by atoms with Crippen molar-refractivity contribution in [1.29, 1.82) is 0 Å². The van der Waals surface area contributed by atoms with Crippen molar-refractivity contribution in [3.8, 4) is 0 Å². The highest BCUT2D eigenvalue weighted by Gasteiger charge is 2.22. The minimum absolute atomic E-state index is 0.237. The first-order valence-electron chi connectivity index (χ1n) is 7.27. The number of anilines is 1. The number of aromatic nitrogens is 1. The van der Waals surface area contributed by atoms with Crippen LogP contribution in [-0.4, -0.2) is 24.2 Å². The molecule has 19 heavy (non-hydrogen) atoms. The number of ether oxygens (including phenoxy) is 1. The molecule has 1 saturated heterocycles. The van der Waals surface area contributed by atoms with Crippen molar-refractivity contribution >= 4 is 5.82 Å². The maximum atomic E-state index is 6.03. The topological polar surface area (TPSA) is 60.2 Å². The maximum absolute atomic E-state index is 6.03. The van der Waals surface area contributed by atoms with E-state index in [-0.39, 0.29) is 6.04 Å². The van der Waals surface area contributed by atoms with Crippen molar-refractivity contribution in [2.75, 3.05) is 18.9 Å². The minimum Gasteiger partial charge on any atom is -0.383 e. The van der Waals surface area contributed by atoms with E-state index < -0.39 is 0 Å². The second kappa shape index (κ2) is 6.87. The molecular weight excluding hydrogens is 238 g/mol. The van der Waals surface area contributed by atoms with Gasteiger partial charge in [-0.3, -0.25) is 0 Å². The molecule has 1 aliphatic rings. The third-order valence-electron chi connectivity index (χ3n) is 3.68. The van der Waals surface area contributed by atoms with Crippen LogP contribution in [0, 0.1) is 6.92 Å². The van der Waals surface area contributed by atoms with E-state index >= 15 is 0 Å².